The van der Waals surface area contributed by atoms with Crippen LogP contribution in [0, 0.1) is 17.8 Å². The minimum absolute atomic E-state index is 0.0183. The van der Waals surface area contributed by atoms with E-state index in [-0.39, 0.29) is 16.5 Å². The monoisotopic (exact) mass is 300 g/mol. The number of hydrogen-bond acceptors (Lipinski definition) is 2. The molecular weight excluding hydrogens is 280 g/mol. The maximum Gasteiger partial charge on any atom is 0.335 e. The van der Waals surface area contributed by atoms with Gasteiger partial charge in [0.05, 0.1) is 11.1 Å². The van der Waals surface area contributed by atoms with Crippen molar-refractivity contribution in [2.75, 3.05) is 0 Å². The van der Waals surface area contributed by atoms with Crippen molar-refractivity contribution in [2.45, 2.75) is 43.9 Å². The summed E-state index contributed by atoms with van der Waals surface area (Å²) in [5.74, 6) is 0.136. The van der Waals surface area contributed by atoms with Crippen molar-refractivity contribution in [1.82, 2.24) is 0 Å². The maximum atomic E-state index is 11.4. The first kappa shape index (κ1) is 13.8. The third kappa shape index (κ3) is 2.04. The number of aromatic carboxylic acids is 2. The van der Waals surface area contributed by atoms with Crippen LogP contribution in [0.15, 0.2) is 18.2 Å². The molecule has 0 atom stereocenters. The molecule has 4 heteroatoms. The molecule has 2 N–H and O–H groups in total. The summed E-state index contributed by atoms with van der Waals surface area (Å²) in [6, 6.07) is 4.72. The normalized spacial score (nSPS) is 35.5. The minimum atomic E-state index is -1.05. The fourth-order valence-corrected chi connectivity index (χ4v) is 5.64. The Bertz CT molecular complexity index is 594. The number of carboxylic acid groups (broad SMARTS) is 2. The maximum absolute atomic E-state index is 11.4. The first-order chi connectivity index (χ1) is 10.4. The molecule has 0 heterocycles. The molecule has 0 radical (unpaired) electrons. The Labute approximate surface area is 129 Å². The van der Waals surface area contributed by atoms with Crippen LogP contribution < -0.4 is 0 Å². The van der Waals surface area contributed by atoms with E-state index in [0.29, 0.717) is 0 Å². The highest BCUT2D eigenvalue weighted by molar-refractivity contribution is 5.94. The molecule has 5 rings (SSSR count). The molecule has 0 spiro atoms. The molecule has 4 nitrogen and oxygen atoms in total. The minimum Gasteiger partial charge on any atom is -0.478 e. The lowest BCUT2D eigenvalue weighted by molar-refractivity contribution is -0.00524. The highest BCUT2D eigenvalue weighted by Gasteiger charge is 2.51. The molecule has 4 bridgehead atoms. The number of carboxylic acids is 2. The van der Waals surface area contributed by atoms with Gasteiger partial charge in [-0.05, 0) is 85.5 Å². The summed E-state index contributed by atoms with van der Waals surface area (Å²) in [7, 11) is 0. The Balaban J connectivity index is 1.81. The molecule has 0 aliphatic heterocycles. The van der Waals surface area contributed by atoms with E-state index in [0.717, 1.165) is 42.6 Å². The smallest absolute Gasteiger partial charge is 0.335 e. The van der Waals surface area contributed by atoms with Crippen molar-refractivity contribution >= 4 is 11.9 Å². The van der Waals surface area contributed by atoms with Crippen LogP contribution in [0.4, 0.5) is 0 Å². The molecular formula is C18H20O4. The Morgan fingerprint density at radius 1 is 0.818 bits per heavy atom. The fraction of sp³-hybridized carbons (Fsp3) is 0.556. The SMILES string of the molecule is O=C(O)c1cc(C(=O)O)cc(C23CC4CC(CC(C4)C2)C3)c1. The summed E-state index contributed by atoms with van der Waals surface area (Å²) >= 11 is 0. The van der Waals surface area contributed by atoms with E-state index in [9.17, 15) is 19.8 Å². The predicted octanol–water partition coefficient (Wildman–Crippen LogP) is 3.55. The zero-order chi connectivity index (χ0) is 15.5. The van der Waals surface area contributed by atoms with Crippen LogP contribution in [0.2, 0.25) is 0 Å². The number of rotatable bonds is 3. The summed E-state index contributed by atoms with van der Waals surface area (Å²) in [5.41, 5.74) is 1.17. The van der Waals surface area contributed by atoms with E-state index in [1.54, 1.807) is 12.1 Å². The zero-order valence-corrected chi connectivity index (χ0v) is 12.4. The Hall–Kier alpha value is -1.84. The first-order valence-corrected chi connectivity index (χ1v) is 8.07. The average Bonchev–Trinajstić information content (AvgIpc) is 2.45. The van der Waals surface area contributed by atoms with E-state index in [4.69, 9.17) is 0 Å². The summed E-state index contributed by atoms with van der Waals surface area (Å²) < 4.78 is 0. The van der Waals surface area contributed by atoms with E-state index in [1.165, 1.54) is 25.3 Å². The second-order valence-electron chi connectivity index (χ2n) is 7.61. The molecule has 4 aliphatic rings. The van der Waals surface area contributed by atoms with Gasteiger partial charge in [0.15, 0.2) is 0 Å². The quantitative estimate of drug-likeness (QED) is 0.895. The van der Waals surface area contributed by atoms with Crippen LogP contribution in [0.5, 0.6) is 0 Å². The number of benzene rings is 1. The molecule has 4 saturated carbocycles. The molecule has 0 aromatic heterocycles. The van der Waals surface area contributed by atoms with Crippen LogP contribution in [0.3, 0.4) is 0 Å². The van der Waals surface area contributed by atoms with Gasteiger partial charge in [0.1, 0.15) is 0 Å². The van der Waals surface area contributed by atoms with Gasteiger partial charge in [0.25, 0.3) is 0 Å². The van der Waals surface area contributed by atoms with Gasteiger partial charge in [-0.15, -0.1) is 0 Å². The van der Waals surface area contributed by atoms with Crippen molar-refractivity contribution in [3.8, 4) is 0 Å². The molecule has 4 fully saturated rings. The second kappa shape index (κ2) is 4.58. The Morgan fingerprint density at radius 2 is 1.23 bits per heavy atom. The average molecular weight is 300 g/mol. The van der Waals surface area contributed by atoms with Crippen LogP contribution in [-0.2, 0) is 5.41 Å². The van der Waals surface area contributed by atoms with Gasteiger partial charge in [-0.1, -0.05) is 0 Å². The van der Waals surface area contributed by atoms with Crippen LogP contribution in [-0.4, -0.2) is 22.2 Å². The largest absolute Gasteiger partial charge is 0.478 e. The summed E-state index contributed by atoms with van der Waals surface area (Å²) in [5, 5.41) is 18.6. The fourth-order valence-electron chi connectivity index (χ4n) is 5.64. The Kier molecular flexibility index (Phi) is 2.87. The number of carbonyl (C=O) groups is 2. The molecule has 22 heavy (non-hydrogen) atoms. The van der Waals surface area contributed by atoms with Crippen molar-refractivity contribution in [3.63, 3.8) is 0 Å². The molecule has 0 amide bonds. The summed E-state index contributed by atoms with van der Waals surface area (Å²) in [4.78, 5) is 22.7. The first-order valence-electron chi connectivity index (χ1n) is 8.07. The lowest BCUT2D eigenvalue weighted by Crippen LogP contribution is -2.48. The predicted molar refractivity (Wildman–Crippen MR) is 80.2 cm³/mol. The highest BCUT2D eigenvalue weighted by atomic mass is 16.4. The van der Waals surface area contributed by atoms with Crippen LogP contribution >= 0.6 is 0 Å². The lowest BCUT2D eigenvalue weighted by Gasteiger charge is -2.57. The van der Waals surface area contributed by atoms with E-state index >= 15 is 0 Å². The second-order valence-corrected chi connectivity index (χ2v) is 7.61. The van der Waals surface area contributed by atoms with E-state index < -0.39 is 11.9 Å². The highest BCUT2D eigenvalue weighted by Crippen LogP contribution is 2.60. The van der Waals surface area contributed by atoms with Gasteiger partial charge < -0.3 is 10.2 Å². The Morgan fingerprint density at radius 3 is 1.59 bits per heavy atom. The molecule has 0 saturated heterocycles. The van der Waals surface area contributed by atoms with Gasteiger partial charge in [-0.2, -0.15) is 0 Å². The third-order valence-electron chi connectivity index (χ3n) is 6.08. The lowest BCUT2D eigenvalue weighted by atomic mass is 9.48. The van der Waals surface area contributed by atoms with Crippen LogP contribution in [0.1, 0.15) is 64.8 Å². The molecule has 116 valence electrons. The molecule has 4 aliphatic carbocycles. The van der Waals surface area contributed by atoms with Gasteiger partial charge in [-0.25, -0.2) is 9.59 Å². The van der Waals surface area contributed by atoms with Gasteiger partial charge in [-0.3, -0.25) is 0 Å². The van der Waals surface area contributed by atoms with Crippen molar-refractivity contribution in [2.24, 2.45) is 17.8 Å². The molecule has 0 unspecified atom stereocenters. The zero-order valence-electron chi connectivity index (χ0n) is 12.4. The van der Waals surface area contributed by atoms with Crippen molar-refractivity contribution < 1.29 is 19.8 Å². The molecule has 1 aromatic rings. The van der Waals surface area contributed by atoms with Crippen molar-refractivity contribution in [1.29, 1.82) is 0 Å². The van der Waals surface area contributed by atoms with E-state index in [1.807, 2.05) is 0 Å². The standard InChI is InChI=1S/C18H20O4/c19-16(20)13-4-14(17(21)22)6-15(5-13)18-7-10-1-11(8-18)3-12(2-10)9-18/h4-6,10-12H,1-3,7-9H2,(H,19,20)(H,21,22). The molecule has 1 aromatic carbocycles. The van der Waals surface area contributed by atoms with E-state index in [2.05, 4.69) is 0 Å². The third-order valence-corrected chi connectivity index (χ3v) is 6.08. The summed E-state index contributed by atoms with van der Waals surface area (Å²) in [6.07, 6.45) is 7.22. The van der Waals surface area contributed by atoms with Crippen molar-refractivity contribution in [3.05, 3.63) is 34.9 Å². The van der Waals surface area contributed by atoms with Gasteiger partial charge in [0.2, 0.25) is 0 Å². The topological polar surface area (TPSA) is 74.6 Å². The van der Waals surface area contributed by atoms with Crippen LogP contribution in [0.25, 0.3) is 0 Å². The number of hydrogen-bond donors (Lipinski definition) is 2. The van der Waals surface area contributed by atoms with Gasteiger partial charge >= 0.3 is 11.9 Å². The van der Waals surface area contributed by atoms with Gasteiger partial charge in [0, 0.05) is 0 Å². The summed E-state index contributed by atoms with van der Waals surface area (Å²) in [6.45, 7) is 0.